The van der Waals surface area contributed by atoms with Crippen LogP contribution in [-0.2, 0) is 11.0 Å². The predicted octanol–water partition coefficient (Wildman–Crippen LogP) is 3.75. The molecule has 3 rings (SSSR count). The molecule has 1 unspecified atom stereocenters. The van der Waals surface area contributed by atoms with Crippen molar-refractivity contribution >= 4 is 11.9 Å². The van der Waals surface area contributed by atoms with Crippen LogP contribution >= 0.6 is 0 Å². The highest BCUT2D eigenvalue weighted by Gasteiger charge is 2.30. The molecule has 1 aromatic heterocycles. The van der Waals surface area contributed by atoms with Gasteiger partial charge in [-0.15, -0.1) is 0 Å². The normalized spacial score (nSPS) is 12.4. The second kappa shape index (κ2) is 8.74. The standard InChI is InChI=1S/C22H20F3N3O4/c1-12-3-4-13(2)18(9-12)28-19(29)10-17(27-28)21(32)26-16(11-20(30)31)14-5-7-15(8-6-14)22(23,24)25/h3-10,16,27H,11H2,1-2H3,(H,26,32)(H,30,31). The molecule has 0 aliphatic heterocycles. The van der Waals surface area contributed by atoms with E-state index in [1.807, 2.05) is 19.1 Å². The van der Waals surface area contributed by atoms with Crippen molar-refractivity contribution in [3.8, 4) is 5.69 Å². The monoisotopic (exact) mass is 447 g/mol. The first kappa shape index (κ1) is 22.9. The second-order valence-corrected chi connectivity index (χ2v) is 7.38. The molecule has 3 aromatic rings. The van der Waals surface area contributed by atoms with E-state index in [9.17, 15) is 32.7 Å². The number of nitrogens with zero attached hydrogens (tertiary/aromatic N) is 1. The van der Waals surface area contributed by atoms with Crippen molar-refractivity contribution in [1.29, 1.82) is 0 Å². The Bertz CT molecular complexity index is 1210. The molecule has 1 atom stereocenters. The van der Waals surface area contributed by atoms with Crippen LogP contribution in [0.25, 0.3) is 5.69 Å². The number of carboxylic acids is 1. The molecule has 1 amide bonds. The largest absolute Gasteiger partial charge is 0.481 e. The summed E-state index contributed by atoms with van der Waals surface area (Å²) in [6.07, 6.45) is -5.10. The highest BCUT2D eigenvalue weighted by atomic mass is 19.4. The topological polar surface area (TPSA) is 104 Å². The van der Waals surface area contributed by atoms with Gasteiger partial charge in [0, 0.05) is 6.07 Å². The van der Waals surface area contributed by atoms with Crippen LogP contribution in [0.4, 0.5) is 13.2 Å². The molecular weight excluding hydrogens is 427 g/mol. The lowest BCUT2D eigenvalue weighted by atomic mass is 10.0. The fourth-order valence-corrected chi connectivity index (χ4v) is 3.22. The average molecular weight is 447 g/mol. The Kier molecular flexibility index (Phi) is 6.24. The molecule has 3 N–H and O–H groups in total. The number of carboxylic acid groups (broad SMARTS) is 1. The number of aromatic nitrogens is 2. The number of carbonyl (C=O) groups is 2. The number of carbonyl (C=O) groups excluding carboxylic acids is 1. The van der Waals surface area contributed by atoms with Gasteiger partial charge in [0.2, 0.25) is 0 Å². The molecule has 168 valence electrons. The van der Waals surface area contributed by atoms with Crippen LogP contribution < -0.4 is 10.9 Å². The molecule has 10 heteroatoms. The van der Waals surface area contributed by atoms with Gasteiger partial charge in [-0.3, -0.25) is 19.5 Å². The summed E-state index contributed by atoms with van der Waals surface area (Å²) >= 11 is 0. The third kappa shape index (κ3) is 5.08. The van der Waals surface area contributed by atoms with E-state index in [0.717, 1.165) is 41.5 Å². The molecule has 32 heavy (non-hydrogen) atoms. The number of aliphatic carboxylic acids is 1. The number of hydrogen-bond donors (Lipinski definition) is 3. The maximum atomic E-state index is 12.8. The van der Waals surface area contributed by atoms with Crippen molar-refractivity contribution in [2.75, 3.05) is 0 Å². The molecule has 2 aromatic carbocycles. The third-order valence-corrected chi connectivity index (χ3v) is 4.90. The van der Waals surface area contributed by atoms with Gasteiger partial charge in [-0.25, -0.2) is 4.68 Å². The van der Waals surface area contributed by atoms with Gasteiger partial charge in [-0.1, -0.05) is 24.3 Å². The number of halogens is 3. The number of amides is 1. The van der Waals surface area contributed by atoms with Gasteiger partial charge in [0.05, 0.1) is 23.7 Å². The van der Waals surface area contributed by atoms with Gasteiger partial charge in [-0.2, -0.15) is 13.2 Å². The highest BCUT2D eigenvalue weighted by molar-refractivity contribution is 5.92. The van der Waals surface area contributed by atoms with Crippen LogP contribution in [0.15, 0.2) is 53.3 Å². The van der Waals surface area contributed by atoms with Crippen molar-refractivity contribution in [1.82, 2.24) is 15.1 Å². The molecule has 0 aliphatic rings. The molecule has 7 nitrogen and oxygen atoms in total. The number of aryl methyl sites for hydroxylation is 2. The van der Waals surface area contributed by atoms with E-state index in [1.54, 1.807) is 13.0 Å². The zero-order chi connectivity index (χ0) is 23.6. The van der Waals surface area contributed by atoms with E-state index in [2.05, 4.69) is 10.4 Å². The van der Waals surface area contributed by atoms with E-state index in [1.165, 1.54) is 4.68 Å². The van der Waals surface area contributed by atoms with Gasteiger partial charge < -0.3 is 10.4 Å². The summed E-state index contributed by atoms with van der Waals surface area (Å²) < 4.78 is 39.6. The quantitative estimate of drug-likeness (QED) is 0.535. The summed E-state index contributed by atoms with van der Waals surface area (Å²) in [5.41, 5.74) is 0.939. The van der Waals surface area contributed by atoms with E-state index in [4.69, 9.17) is 0 Å². The van der Waals surface area contributed by atoms with Crippen molar-refractivity contribution in [3.63, 3.8) is 0 Å². The number of hydrogen-bond acceptors (Lipinski definition) is 3. The van der Waals surface area contributed by atoms with Gasteiger partial charge >= 0.3 is 12.1 Å². The van der Waals surface area contributed by atoms with Crippen molar-refractivity contribution in [3.05, 3.63) is 86.8 Å². The van der Waals surface area contributed by atoms with E-state index in [0.29, 0.717) is 5.69 Å². The van der Waals surface area contributed by atoms with Crippen molar-refractivity contribution in [2.45, 2.75) is 32.5 Å². The van der Waals surface area contributed by atoms with E-state index < -0.39 is 41.6 Å². The zero-order valence-electron chi connectivity index (χ0n) is 17.2. The Morgan fingerprint density at radius 1 is 1.09 bits per heavy atom. The molecule has 0 saturated heterocycles. The molecular formula is C22H20F3N3O4. The summed E-state index contributed by atoms with van der Waals surface area (Å²) in [5.74, 6) is -2.02. The van der Waals surface area contributed by atoms with Crippen LogP contribution in [0.5, 0.6) is 0 Å². The average Bonchev–Trinajstić information content (AvgIpc) is 3.10. The minimum absolute atomic E-state index is 0.113. The number of H-pyrrole nitrogens is 1. The maximum Gasteiger partial charge on any atom is 0.416 e. The first-order valence-corrected chi connectivity index (χ1v) is 9.55. The summed E-state index contributed by atoms with van der Waals surface area (Å²) in [6, 6.07) is 9.29. The number of rotatable bonds is 6. The zero-order valence-corrected chi connectivity index (χ0v) is 17.2. The first-order chi connectivity index (χ1) is 15.0. The minimum Gasteiger partial charge on any atom is -0.481 e. The Balaban J connectivity index is 1.88. The van der Waals surface area contributed by atoms with Crippen molar-refractivity contribution < 1.29 is 27.9 Å². The minimum atomic E-state index is -4.54. The lowest BCUT2D eigenvalue weighted by molar-refractivity contribution is -0.138. The fraction of sp³-hybridized carbons (Fsp3) is 0.227. The number of alkyl halides is 3. The van der Waals surface area contributed by atoms with Crippen LogP contribution in [0, 0.1) is 13.8 Å². The van der Waals surface area contributed by atoms with E-state index >= 15 is 0 Å². The first-order valence-electron chi connectivity index (χ1n) is 9.55. The Hall–Kier alpha value is -3.82. The summed E-state index contributed by atoms with van der Waals surface area (Å²) in [4.78, 5) is 36.4. The van der Waals surface area contributed by atoms with Crippen molar-refractivity contribution in [2.24, 2.45) is 0 Å². The van der Waals surface area contributed by atoms with Gasteiger partial charge in [0.15, 0.2) is 0 Å². The Morgan fingerprint density at radius 3 is 2.34 bits per heavy atom. The summed E-state index contributed by atoms with van der Waals surface area (Å²) in [7, 11) is 0. The Morgan fingerprint density at radius 2 is 1.75 bits per heavy atom. The smallest absolute Gasteiger partial charge is 0.416 e. The molecule has 0 fully saturated rings. The fourth-order valence-electron chi connectivity index (χ4n) is 3.22. The third-order valence-electron chi connectivity index (χ3n) is 4.90. The number of nitrogens with one attached hydrogen (secondary N) is 2. The molecule has 0 radical (unpaired) electrons. The van der Waals surface area contributed by atoms with Crippen LogP contribution in [0.3, 0.4) is 0 Å². The van der Waals surface area contributed by atoms with Crippen LogP contribution in [0.1, 0.15) is 45.2 Å². The number of aromatic amines is 1. The van der Waals surface area contributed by atoms with Gasteiger partial charge in [0.1, 0.15) is 5.69 Å². The molecule has 0 bridgehead atoms. The Labute approximate surface area is 180 Å². The SMILES string of the molecule is Cc1ccc(C)c(-n2[nH]c(C(=O)NC(CC(=O)O)c3ccc(C(F)(F)F)cc3)cc2=O)c1. The molecule has 1 heterocycles. The summed E-state index contributed by atoms with van der Waals surface area (Å²) in [5, 5.41) is 14.3. The lowest BCUT2D eigenvalue weighted by Gasteiger charge is -2.18. The van der Waals surface area contributed by atoms with Gasteiger partial charge in [-0.05, 0) is 48.7 Å². The second-order valence-electron chi connectivity index (χ2n) is 7.38. The molecule has 0 aliphatic carbocycles. The number of benzene rings is 2. The predicted molar refractivity (Wildman–Crippen MR) is 110 cm³/mol. The highest BCUT2D eigenvalue weighted by Crippen LogP contribution is 2.30. The van der Waals surface area contributed by atoms with Crippen LogP contribution in [0.2, 0.25) is 0 Å². The van der Waals surface area contributed by atoms with Crippen LogP contribution in [-0.4, -0.2) is 26.8 Å². The van der Waals surface area contributed by atoms with E-state index in [-0.39, 0.29) is 11.3 Å². The maximum absolute atomic E-state index is 12.8. The molecule has 0 spiro atoms. The lowest BCUT2D eigenvalue weighted by Crippen LogP contribution is -2.30. The van der Waals surface area contributed by atoms with Gasteiger partial charge in [0.25, 0.3) is 11.5 Å². The molecule has 0 saturated carbocycles. The summed E-state index contributed by atoms with van der Waals surface area (Å²) in [6.45, 7) is 3.65.